The lowest BCUT2D eigenvalue weighted by atomic mass is 10.2. The van der Waals surface area contributed by atoms with Gasteiger partial charge in [0.1, 0.15) is 10.6 Å². The van der Waals surface area contributed by atoms with Crippen LogP contribution in [0.5, 0.6) is 0 Å². The molecule has 0 N–H and O–H groups in total. The Labute approximate surface area is 165 Å². The Balaban J connectivity index is 1.36. The number of fused-ring (bicyclic) bond motifs is 1. The largest absolute Gasteiger partial charge is 0.370 e. The standard InChI is InChI=1S/C20H21FN4O2S/c21-15-2-4-16(5-3-15)23-8-1-9-24(12-11-23)18(26)6-10-25-14-22-19-17(20(25)27)7-13-28-19/h2-5,7,13-14H,1,6,8-12H2. The highest BCUT2D eigenvalue weighted by Crippen LogP contribution is 2.17. The van der Waals surface area contributed by atoms with E-state index in [1.807, 2.05) is 10.3 Å². The van der Waals surface area contributed by atoms with Crippen molar-refractivity contribution in [1.82, 2.24) is 14.5 Å². The second-order valence-corrected chi connectivity index (χ2v) is 7.72. The Morgan fingerprint density at radius 2 is 1.93 bits per heavy atom. The number of anilines is 1. The van der Waals surface area contributed by atoms with Crippen LogP contribution >= 0.6 is 11.3 Å². The lowest BCUT2D eigenvalue weighted by molar-refractivity contribution is -0.131. The molecule has 28 heavy (non-hydrogen) atoms. The summed E-state index contributed by atoms with van der Waals surface area (Å²) in [6, 6.07) is 8.23. The number of thiophene rings is 1. The average Bonchev–Trinajstić information content (AvgIpc) is 3.05. The molecule has 0 atom stereocenters. The van der Waals surface area contributed by atoms with Gasteiger partial charge in [0.05, 0.1) is 11.7 Å². The topological polar surface area (TPSA) is 58.4 Å². The van der Waals surface area contributed by atoms with E-state index in [2.05, 4.69) is 9.88 Å². The first kappa shape index (κ1) is 18.6. The summed E-state index contributed by atoms with van der Waals surface area (Å²) in [6.07, 6.45) is 2.65. The van der Waals surface area contributed by atoms with Gasteiger partial charge in [-0.25, -0.2) is 9.37 Å². The third-order valence-electron chi connectivity index (χ3n) is 5.06. The molecule has 0 radical (unpaired) electrons. The Hall–Kier alpha value is -2.74. The van der Waals surface area contributed by atoms with Crippen LogP contribution < -0.4 is 10.5 Å². The highest BCUT2D eigenvalue weighted by molar-refractivity contribution is 7.16. The van der Waals surface area contributed by atoms with Crippen molar-refractivity contribution >= 4 is 33.1 Å². The fourth-order valence-corrected chi connectivity index (χ4v) is 4.23. The van der Waals surface area contributed by atoms with Crippen LogP contribution in [0.4, 0.5) is 10.1 Å². The smallest absolute Gasteiger partial charge is 0.262 e. The van der Waals surface area contributed by atoms with Gasteiger partial charge in [0, 0.05) is 44.8 Å². The average molecular weight is 400 g/mol. The van der Waals surface area contributed by atoms with E-state index in [0.29, 0.717) is 31.6 Å². The highest BCUT2D eigenvalue weighted by atomic mass is 32.1. The van der Waals surface area contributed by atoms with Gasteiger partial charge in [0.2, 0.25) is 5.91 Å². The van der Waals surface area contributed by atoms with E-state index < -0.39 is 0 Å². The number of halogens is 1. The van der Waals surface area contributed by atoms with E-state index in [4.69, 9.17) is 0 Å². The predicted molar refractivity (Wildman–Crippen MR) is 108 cm³/mol. The van der Waals surface area contributed by atoms with Crippen molar-refractivity contribution in [3.05, 3.63) is 58.2 Å². The van der Waals surface area contributed by atoms with Crippen molar-refractivity contribution < 1.29 is 9.18 Å². The predicted octanol–water partition coefficient (Wildman–Crippen LogP) is 2.73. The first-order valence-corrected chi connectivity index (χ1v) is 10.2. The quantitative estimate of drug-likeness (QED) is 0.676. The van der Waals surface area contributed by atoms with Gasteiger partial charge in [-0.05, 0) is 42.1 Å². The fraction of sp³-hybridized carbons (Fsp3) is 0.350. The first-order chi connectivity index (χ1) is 13.6. The maximum atomic E-state index is 13.1. The minimum atomic E-state index is -0.249. The number of rotatable bonds is 4. The zero-order valence-corrected chi connectivity index (χ0v) is 16.2. The normalized spacial score (nSPS) is 15.0. The highest BCUT2D eigenvalue weighted by Gasteiger charge is 2.19. The van der Waals surface area contributed by atoms with Gasteiger partial charge in [0.15, 0.2) is 0 Å². The molecule has 6 nitrogen and oxygen atoms in total. The van der Waals surface area contributed by atoms with Crippen LogP contribution in [0.2, 0.25) is 0 Å². The Morgan fingerprint density at radius 1 is 1.11 bits per heavy atom. The summed E-state index contributed by atoms with van der Waals surface area (Å²) >= 11 is 1.43. The van der Waals surface area contributed by atoms with Crippen molar-refractivity contribution in [2.24, 2.45) is 0 Å². The molecule has 0 saturated carbocycles. The Morgan fingerprint density at radius 3 is 2.75 bits per heavy atom. The number of amides is 1. The van der Waals surface area contributed by atoms with Gasteiger partial charge in [-0.15, -0.1) is 11.3 Å². The minimum Gasteiger partial charge on any atom is -0.370 e. The molecule has 1 aromatic carbocycles. The van der Waals surface area contributed by atoms with Crippen molar-refractivity contribution in [3.63, 3.8) is 0 Å². The lowest BCUT2D eigenvalue weighted by Crippen LogP contribution is -2.36. The second kappa shape index (κ2) is 8.10. The van der Waals surface area contributed by atoms with Gasteiger partial charge >= 0.3 is 0 Å². The van der Waals surface area contributed by atoms with Crippen LogP contribution in [0.1, 0.15) is 12.8 Å². The molecule has 1 amide bonds. The minimum absolute atomic E-state index is 0.0401. The number of hydrogen-bond donors (Lipinski definition) is 0. The molecule has 1 saturated heterocycles. The molecular formula is C20H21FN4O2S. The third-order valence-corrected chi connectivity index (χ3v) is 5.88. The fourth-order valence-electron chi connectivity index (χ4n) is 3.50. The molecule has 1 aliphatic rings. The van der Waals surface area contributed by atoms with Crippen molar-refractivity contribution in [3.8, 4) is 0 Å². The molecule has 0 bridgehead atoms. The molecule has 3 aromatic rings. The Kier molecular flexibility index (Phi) is 5.38. The summed E-state index contributed by atoms with van der Waals surface area (Å²) in [5.74, 6) is -0.209. The molecule has 1 fully saturated rings. The number of aromatic nitrogens is 2. The van der Waals surface area contributed by atoms with Crippen molar-refractivity contribution in [2.45, 2.75) is 19.4 Å². The molecule has 0 unspecified atom stereocenters. The number of carbonyl (C=O) groups excluding carboxylic acids is 1. The number of nitrogens with zero attached hydrogens (tertiary/aromatic N) is 4. The lowest BCUT2D eigenvalue weighted by Gasteiger charge is -2.23. The first-order valence-electron chi connectivity index (χ1n) is 9.33. The molecule has 8 heteroatoms. The molecule has 4 rings (SSSR count). The van der Waals surface area contributed by atoms with E-state index in [1.165, 1.54) is 34.4 Å². The van der Waals surface area contributed by atoms with Crippen LogP contribution in [0.15, 0.2) is 46.8 Å². The summed E-state index contributed by atoms with van der Waals surface area (Å²) in [6.45, 7) is 3.17. The van der Waals surface area contributed by atoms with Gasteiger partial charge in [-0.1, -0.05) is 0 Å². The molecule has 3 heterocycles. The van der Waals surface area contributed by atoms with Crippen molar-refractivity contribution in [1.29, 1.82) is 0 Å². The number of aryl methyl sites for hydroxylation is 1. The van der Waals surface area contributed by atoms with Gasteiger partial charge in [-0.2, -0.15) is 0 Å². The zero-order valence-electron chi connectivity index (χ0n) is 15.4. The zero-order chi connectivity index (χ0) is 19.5. The monoisotopic (exact) mass is 400 g/mol. The van der Waals surface area contributed by atoms with Crippen LogP contribution in [0.25, 0.3) is 10.2 Å². The maximum absolute atomic E-state index is 13.1. The molecule has 0 spiro atoms. The number of benzene rings is 1. The summed E-state index contributed by atoms with van der Waals surface area (Å²) in [5.41, 5.74) is 0.870. The van der Waals surface area contributed by atoms with Crippen LogP contribution in [-0.2, 0) is 11.3 Å². The van der Waals surface area contributed by atoms with Gasteiger partial charge in [0.25, 0.3) is 5.56 Å². The summed E-state index contributed by atoms with van der Waals surface area (Å²) in [5, 5.41) is 2.45. The van der Waals surface area contributed by atoms with E-state index in [0.717, 1.165) is 23.5 Å². The summed E-state index contributed by atoms with van der Waals surface area (Å²) < 4.78 is 14.6. The van der Waals surface area contributed by atoms with Crippen LogP contribution in [-0.4, -0.2) is 46.5 Å². The molecule has 0 aliphatic carbocycles. The molecular weight excluding hydrogens is 379 g/mol. The summed E-state index contributed by atoms with van der Waals surface area (Å²) in [4.78, 5) is 34.1. The van der Waals surface area contributed by atoms with Gasteiger partial charge < -0.3 is 9.80 Å². The summed E-state index contributed by atoms with van der Waals surface area (Å²) in [7, 11) is 0. The molecule has 146 valence electrons. The molecule has 1 aliphatic heterocycles. The van der Waals surface area contributed by atoms with Crippen LogP contribution in [0, 0.1) is 5.82 Å². The van der Waals surface area contributed by atoms with Crippen molar-refractivity contribution in [2.75, 3.05) is 31.1 Å². The van der Waals surface area contributed by atoms with E-state index in [9.17, 15) is 14.0 Å². The Bertz CT molecular complexity index is 1030. The van der Waals surface area contributed by atoms with Gasteiger partial charge in [-0.3, -0.25) is 14.2 Å². The molecule has 2 aromatic heterocycles. The van der Waals surface area contributed by atoms with E-state index in [-0.39, 0.29) is 23.7 Å². The number of carbonyl (C=O) groups is 1. The second-order valence-electron chi connectivity index (χ2n) is 6.83. The van der Waals surface area contributed by atoms with Crippen LogP contribution in [0.3, 0.4) is 0 Å². The van der Waals surface area contributed by atoms with E-state index >= 15 is 0 Å². The SMILES string of the molecule is O=C(CCn1cnc2sccc2c1=O)N1CCCN(c2ccc(F)cc2)CC1. The van der Waals surface area contributed by atoms with E-state index in [1.54, 1.807) is 18.2 Å². The third kappa shape index (κ3) is 3.91. The maximum Gasteiger partial charge on any atom is 0.262 e. The number of hydrogen-bond acceptors (Lipinski definition) is 5.